The number of aryl methyl sites for hydroxylation is 1. The summed E-state index contributed by atoms with van der Waals surface area (Å²) in [5.41, 5.74) is -2.04. The Morgan fingerprint density at radius 1 is 1.16 bits per heavy atom. The SMILES string of the molecule is CCn1ncc2ccc(Nc3cc(NC(=O)C4(C(F)(F)F)CC4)ncc3C(=O)NC(O)(O)O)c(OC)c21. The van der Waals surface area contributed by atoms with Gasteiger partial charge < -0.3 is 30.7 Å². The monoisotopic (exact) mass is 524 g/mol. The molecule has 0 radical (unpaired) electrons. The van der Waals surface area contributed by atoms with Gasteiger partial charge >= 0.3 is 12.3 Å². The molecule has 1 aromatic carbocycles. The van der Waals surface area contributed by atoms with Gasteiger partial charge in [-0.05, 0) is 31.9 Å². The van der Waals surface area contributed by atoms with Crippen LogP contribution in [0, 0.1) is 5.41 Å². The highest BCUT2D eigenvalue weighted by Gasteiger charge is 2.68. The van der Waals surface area contributed by atoms with Crippen molar-refractivity contribution < 1.29 is 42.8 Å². The molecule has 1 fully saturated rings. The summed E-state index contributed by atoms with van der Waals surface area (Å²) in [7, 11) is 1.41. The number of amides is 2. The molecule has 2 aromatic heterocycles. The molecule has 0 spiro atoms. The zero-order valence-electron chi connectivity index (χ0n) is 19.5. The fraction of sp³-hybridized carbons (Fsp3) is 0.364. The van der Waals surface area contributed by atoms with Gasteiger partial charge in [-0.25, -0.2) is 4.98 Å². The highest BCUT2D eigenvalue weighted by molar-refractivity contribution is 6.03. The number of pyridine rings is 1. The van der Waals surface area contributed by atoms with Gasteiger partial charge in [0.1, 0.15) is 16.7 Å². The number of benzene rings is 1. The lowest BCUT2D eigenvalue weighted by Crippen LogP contribution is -2.48. The van der Waals surface area contributed by atoms with Gasteiger partial charge in [-0.2, -0.15) is 18.3 Å². The fourth-order valence-corrected chi connectivity index (χ4v) is 3.86. The Labute approximate surface area is 207 Å². The van der Waals surface area contributed by atoms with Crippen molar-refractivity contribution in [3.05, 3.63) is 36.2 Å². The van der Waals surface area contributed by atoms with Crippen LogP contribution in [0.2, 0.25) is 0 Å². The molecule has 198 valence electrons. The molecule has 2 heterocycles. The first-order valence-electron chi connectivity index (χ1n) is 11.0. The highest BCUT2D eigenvalue weighted by Crippen LogP contribution is 2.58. The number of methoxy groups -OCH3 is 1. The van der Waals surface area contributed by atoms with Crippen LogP contribution in [-0.4, -0.2) is 61.3 Å². The Balaban J connectivity index is 1.75. The summed E-state index contributed by atoms with van der Waals surface area (Å²) in [6.07, 6.45) is -6.51. The molecule has 0 saturated heterocycles. The number of alkyl halides is 3. The number of ether oxygens (including phenoxy) is 1. The first kappa shape index (κ1) is 26.1. The third-order valence-electron chi connectivity index (χ3n) is 5.93. The van der Waals surface area contributed by atoms with E-state index in [0.717, 1.165) is 17.6 Å². The van der Waals surface area contributed by atoms with Crippen molar-refractivity contribution in [2.75, 3.05) is 17.7 Å². The van der Waals surface area contributed by atoms with Crippen LogP contribution in [0.5, 0.6) is 5.75 Å². The molecule has 4 rings (SSSR count). The molecule has 2 amide bonds. The zero-order chi connectivity index (χ0) is 27.2. The van der Waals surface area contributed by atoms with Gasteiger partial charge in [0.2, 0.25) is 5.91 Å². The molecular formula is C22H23F3N6O6. The predicted molar refractivity (Wildman–Crippen MR) is 123 cm³/mol. The number of aromatic nitrogens is 3. The van der Waals surface area contributed by atoms with Crippen molar-refractivity contribution in [1.82, 2.24) is 20.1 Å². The first-order chi connectivity index (χ1) is 17.3. The van der Waals surface area contributed by atoms with E-state index in [0.29, 0.717) is 23.5 Å². The normalized spacial score (nSPS) is 14.8. The minimum Gasteiger partial charge on any atom is -0.492 e. The molecule has 0 aliphatic heterocycles. The molecule has 0 atom stereocenters. The summed E-state index contributed by atoms with van der Waals surface area (Å²) >= 11 is 0. The van der Waals surface area contributed by atoms with Crippen molar-refractivity contribution >= 4 is 39.9 Å². The number of rotatable bonds is 8. The lowest BCUT2D eigenvalue weighted by molar-refractivity contribution is -0.323. The van der Waals surface area contributed by atoms with Crippen molar-refractivity contribution in [3.63, 3.8) is 0 Å². The third-order valence-corrected chi connectivity index (χ3v) is 5.93. The second-order valence-corrected chi connectivity index (χ2v) is 8.41. The third kappa shape index (κ3) is 5.00. The Morgan fingerprint density at radius 3 is 2.43 bits per heavy atom. The van der Waals surface area contributed by atoms with Crippen molar-refractivity contribution in [2.24, 2.45) is 5.41 Å². The van der Waals surface area contributed by atoms with E-state index in [1.54, 1.807) is 23.0 Å². The van der Waals surface area contributed by atoms with E-state index in [9.17, 15) is 22.8 Å². The van der Waals surface area contributed by atoms with Crippen LogP contribution in [0.15, 0.2) is 30.6 Å². The predicted octanol–water partition coefficient (Wildman–Crippen LogP) is 1.80. The van der Waals surface area contributed by atoms with E-state index in [1.165, 1.54) is 12.4 Å². The summed E-state index contributed by atoms with van der Waals surface area (Å²) in [5, 5.41) is 39.0. The Kier molecular flexibility index (Phi) is 6.47. The number of hydrogen-bond donors (Lipinski definition) is 6. The van der Waals surface area contributed by atoms with Crippen molar-refractivity contribution in [1.29, 1.82) is 0 Å². The average Bonchev–Trinajstić information content (AvgIpc) is 3.53. The maximum absolute atomic E-state index is 13.4. The number of anilines is 3. The molecule has 0 bridgehead atoms. The Morgan fingerprint density at radius 2 is 1.86 bits per heavy atom. The molecule has 37 heavy (non-hydrogen) atoms. The van der Waals surface area contributed by atoms with Crippen LogP contribution >= 0.6 is 0 Å². The summed E-state index contributed by atoms with van der Waals surface area (Å²) in [6, 6.07) is 4.40. The van der Waals surface area contributed by atoms with Gasteiger partial charge in [0, 0.05) is 24.2 Å². The number of carbonyl (C=O) groups is 2. The van der Waals surface area contributed by atoms with Gasteiger partial charge in [0.15, 0.2) is 5.75 Å². The van der Waals surface area contributed by atoms with E-state index in [2.05, 4.69) is 20.7 Å². The van der Waals surface area contributed by atoms with Gasteiger partial charge in [-0.3, -0.25) is 19.6 Å². The summed E-state index contributed by atoms with van der Waals surface area (Å²) < 4.78 is 47.3. The smallest absolute Gasteiger partial charge is 0.403 e. The van der Waals surface area contributed by atoms with Crippen LogP contribution in [0.25, 0.3) is 10.9 Å². The topological polar surface area (TPSA) is 171 Å². The molecule has 12 nitrogen and oxygen atoms in total. The fourth-order valence-electron chi connectivity index (χ4n) is 3.86. The van der Waals surface area contributed by atoms with E-state index >= 15 is 0 Å². The van der Waals surface area contributed by atoms with Crippen molar-refractivity contribution in [3.8, 4) is 5.75 Å². The van der Waals surface area contributed by atoms with Crippen molar-refractivity contribution in [2.45, 2.75) is 38.6 Å². The minimum absolute atomic E-state index is 0.107. The Hall–Kier alpha value is -3.95. The van der Waals surface area contributed by atoms with E-state index in [4.69, 9.17) is 20.1 Å². The van der Waals surface area contributed by atoms with Gasteiger partial charge in [0.05, 0.1) is 30.2 Å². The maximum Gasteiger partial charge on any atom is 0.403 e. The molecule has 1 aliphatic rings. The number of halogens is 3. The van der Waals surface area contributed by atoms with E-state index in [-0.39, 0.29) is 29.9 Å². The Bertz CT molecular complexity index is 1360. The number of hydrogen-bond acceptors (Lipinski definition) is 9. The van der Waals surface area contributed by atoms with E-state index in [1.807, 2.05) is 6.92 Å². The number of nitrogens with zero attached hydrogens (tertiary/aromatic N) is 3. The minimum atomic E-state index is -4.74. The molecule has 15 heteroatoms. The quantitative estimate of drug-likeness (QED) is 0.241. The largest absolute Gasteiger partial charge is 0.492 e. The van der Waals surface area contributed by atoms with Gasteiger partial charge in [-0.15, -0.1) is 0 Å². The lowest BCUT2D eigenvalue weighted by Gasteiger charge is -2.20. The van der Waals surface area contributed by atoms with Crippen LogP contribution in [0.4, 0.5) is 30.4 Å². The van der Waals surface area contributed by atoms with Crippen LogP contribution in [0.1, 0.15) is 30.1 Å². The molecule has 1 aliphatic carbocycles. The highest BCUT2D eigenvalue weighted by atomic mass is 19.4. The lowest BCUT2D eigenvalue weighted by atomic mass is 10.1. The molecule has 3 aromatic rings. The number of fused-ring (bicyclic) bond motifs is 1. The standard InChI is InChI=1S/C22H23F3N6O6/c1-3-31-16-11(9-27-31)4-5-13(17(16)37-2)28-14-8-15(26-10-12(14)18(32)30-22(34,35)36)29-19(33)20(6-7-20)21(23,24)25/h4-5,8-10,34-36H,3,6-7H2,1-2H3,(H,30,32)(H2,26,28,29,33). The molecule has 1 saturated carbocycles. The summed E-state index contributed by atoms with van der Waals surface area (Å²) in [5.74, 6) is -2.48. The van der Waals surface area contributed by atoms with Gasteiger partial charge in [0.25, 0.3) is 5.91 Å². The maximum atomic E-state index is 13.4. The van der Waals surface area contributed by atoms with Crippen LogP contribution in [-0.2, 0) is 11.3 Å². The number of carbonyl (C=O) groups excluding carboxylic acids is 2. The summed E-state index contributed by atoms with van der Waals surface area (Å²) in [6.45, 7) is 2.37. The molecule has 6 N–H and O–H groups in total. The molecular weight excluding hydrogens is 501 g/mol. The first-order valence-corrected chi connectivity index (χ1v) is 11.0. The van der Waals surface area contributed by atoms with E-state index < -0.39 is 29.5 Å². The van der Waals surface area contributed by atoms with Gasteiger partial charge in [-0.1, -0.05) is 0 Å². The average molecular weight is 524 g/mol. The molecule has 0 unspecified atom stereocenters. The second kappa shape index (κ2) is 9.17. The second-order valence-electron chi connectivity index (χ2n) is 8.41. The summed E-state index contributed by atoms with van der Waals surface area (Å²) in [4.78, 5) is 28.8. The number of aliphatic hydroxyl groups is 3. The van der Waals surface area contributed by atoms with Crippen LogP contribution in [0.3, 0.4) is 0 Å². The zero-order valence-corrected chi connectivity index (χ0v) is 19.5. The van der Waals surface area contributed by atoms with Crippen LogP contribution < -0.4 is 20.7 Å². The number of nitrogens with one attached hydrogen (secondary N) is 3.